The summed E-state index contributed by atoms with van der Waals surface area (Å²) in [6, 6.07) is 3.57. The van der Waals surface area contributed by atoms with E-state index in [0.717, 1.165) is 18.9 Å². The van der Waals surface area contributed by atoms with Crippen molar-refractivity contribution < 1.29 is 14.7 Å². The first kappa shape index (κ1) is 15.2. The average Bonchev–Trinajstić information content (AvgIpc) is 2.47. The van der Waals surface area contributed by atoms with E-state index in [1.807, 2.05) is 11.0 Å². The Morgan fingerprint density at radius 2 is 1.95 bits per heavy atom. The fraction of sp³-hybridized carbons (Fsp3) is 0.500. The summed E-state index contributed by atoms with van der Waals surface area (Å²) in [6.07, 6.45) is 1.57. The molecule has 0 bridgehead atoms. The molecule has 0 atom stereocenters. The van der Waals surface area contributed by atoms with Crippen LogP contribution in [0.2, 0.25) is 0 Å². The molecule has 0 saturated heterocycles. The van der Waals surface area contributed by atoms with Crippen LogP contribution in [0, 0.1) is 0 Å². The maximum Gasteiger partial charge on any atom is 0.171 e. The number of hydrogen-bond acceptors (Lipinski definition) is 6. The van der Waals surface area contributed by atoms with E-state index < -0.39 is 0 Å². The van der Waals surface area contributed by atoms with Gasteiger partial charge in [0.1, 0.15) is 5.82 Å². The monoisotopic (exact) mass is 268 g/mol. The molecule has 0 aliphatic heterocycles. The smallest absolute Gasteiger partial charge is 0.171 e. The van der Waals surface area contributed by atoms with Gasteiger partial charge in [-0.3, -0.25) is 0 Å². The number of anilines is 1. The maximum absolute atomic E-state index is 8.59. The normalized spacial score (nSPS) is 11.6. The predicted octanol–water partition coefficient (Wildman–Crippen LogP) is 0.275. The van der Waals surface area contributed by atoms with Crippen molar-refractivity contribution in [3.63, 3.8) is 0 Å². The molecule has 0 fully saturated rings. The van der Waals surface area contributed by atoms with Gasteiger partial charge in [0.05, 0.1) is 13.2 Å². The summed E-state index contributed by atoms with van der Waals surface area (Å²) >= 11 is 0. The van der Waals surface area contributed by atoms with Crippen LogP contribution in [0.5, 0.6) is 0 Å². The van der Waals surface area contributed by atoms with Crippen LogP contribution < -0.4 is 10.6 Å². The highest BCUT2D eigenvalue weighted by Crippen LogP contribution is 2.11. The van der Waals surface area contributed by atoms with Crippen molar-refractivity contribution in [2.75, 3.05) is 45.4 Å². The molecule has 0 spiro atoms. The SMILES string of the molecule is COCCN(CCOC)c1ccc(/C(N)=N/O)cn1. The van der Waals surface area contributed by atoms with E-state index in [1.165, 1.54) is 0 Å². The second-order valence-corrected chi connectivity index (χ2v) is 3.86. The van der Waals surface area contributed by atoms with Crippen molar-refractivity contribution in [2.24, 2.45) is 10.9 Å². The Morgan fingerprint density at radius 3 is 2.37 bits per heavy atom. The minimum absolute atomic E-state index is 0.0411. The molecule has 7 heteroatoms. The minimum atomic E-state index is 0.0411. The van der Waals surface area contributed by atoms with Gasteiger partial charge in [-0.1, -0.05) is 5.16 Å². The van der Waals surface area contributed by atoms with Crippen LogP contribution in [-0.4, -0.2) is 56.5 Å². The lowest BCUT2D eigenvalue weighted by Gasteiger charge is -2.23. The van der Waals surface area contributed by atoms with Crippen molar-refractivity contribution >= 4 is 11.7 Å². The number of methoxy groups -OCH3 is 2. The first-order valence-corrected chi connectivity index (χ1v) is 5.89. The van der Waals surface area contributed by atoms with Gasteiger partial charge in [0.15, 0.2) is 5.84 Å². The second-order valence-electron chi connectivity index (χ2n) is 3.86. The maximum atomic E-state index is 8.59. The minimum Gasteiger partial charge on any atom is -0.409 e. The number of hydrogen-bond donors (Lipinski definition) is 2. The highest BCUT2D eigenvalue weighted by molar-refractivity contribution is 5.96. The van der Waals surface area contributed by atoms with E-state index in [2.05, 4.69) is 10.1 Å². The highest BCUT2D eigenvalue weighted by Gasteiger charge is 2.08. The molecule has 1 rings (SSSR count). The van der Waals surface area contributed by atoms with E-state index in [4.69, 9.17) is 20.4 Å². The number of nitrogens with two attached hydrogens (primary N) is 1. The van der Waals surface area contributed by atoms with Crippen LogP contribution in [0.1, 0.15) is 5.56 Å². The van der Waals surface area contributed by atoms with Crippen molar-refractivity contribution in [1.82, 2.24) is 4.98 Å². The Labute approximate surface area is 112 Å². The Balaban J connectivity index is 2.77. The standard InChI is InChI=1S/C12H20N4O3/c1-18-7-5-16(6-8-19-2)11-4-3-10(9-14-11)12(13)15-17/h3-4,9,17H,5-8H2,1-2H3,(H2,13,15). The van der Waals surface area contributed by atoms with E-state index in [9.17, 15) is 0 Å². The molecule has 7 nitrogen and oxygen atoms in total. The molecular weight excluding hydrogens is 248 g/mol. The Kier molecular flexibility index (Phi) is 6.62. The van der Waals surface area contributed by atoms with Crippen LogP contribution in [-0.2, 0) is 9.47 Å². The van der Waals surface area contributed by atoms with Crippen LogP contribution in [0.4, 0.5) is 5.82 Å². The van der Waals surface area contributed by atoms with Crippen molar-refractivity contribution in [3.8, 4) is 0 Å². The van der Waals surface area contributed by atoms with E-state index in [-0.39, 0.29) is 5.84 Å². The zero-order valence-corrected chi connectivity index (χ0v) is 11.2. The quantitative estimate of drug-likeness (QED) is 0.304. The zero-order chi connectivity index (χ0) is 14.1. The fourth-order valence-electron chi connectivity index (χ4n) is 1.53. The molecule has 0 saturated carbocycles. The molecule has 19 heavy (non-hydrogen) atoms. The topological polar surface area (TPSA) is 93.2 Å². The van der Waals surface area contributed by atoms with Crippen LogP contribution >= 0.6 is 0 Å². The Hall–Kier alpha value is -1.86. The second kappa shape index (κ2) is 8.28. The van der Waals surface area contributed by atoms with Gasteiger partial charge in [-0.15, -0.1) is 0 Å². The number of oxime groups is 1. The summed E-state index contributed by atoms with van der Waals surface area (Å²) in [6.45, 7) is 2.65. The van der Waals surface area contributed by atoms with Crippen molar-refractivity contribution in [2.45, 2.75) is 0 Å². The van der Waals surface area contributed by atoms with Crippen LogP contribution in [0.3, 0.4) is 0 Å². The third kappa shape index (κ3) is 4.72. The highest BCUT2D eigenvalue weighted by atomic mass is 16.5. The first-order valence-electron chi connectivity index (χ1n) is 5.89. The van der Waals surface area contributed by atoms with Crippen molar-refractivity contribution in [3.05, 3.63) is 23.9 Å². The molecule has 1 aromatic rings. The van der Waals surface area contributed by atoms with Gasteiger partial charge in [-0.25, -0.2) is 4.98 Å². The Morgan fingerprint density at radius 1 is 1.32 bits per heavy atom. The first-order chi connectivity index (χ1) is 9.22. The van der Waals surface area contributed by atoms with Crippen LogP contribution in [0.15, 0.2) is 23.5 Å². The molecule has 0 aliphatic carbocycles. The summed E-state index contributed by atoms with van der Waals surface area (Å²) < 4.78 is 10.1. The fourth-order valence-corrected chi connectivity index (χ4v) is 1.53. The summed E-state index contributed by atoms with van der Waals surface area (Å²) in [5.74, 6) is 0.836. The lowest BCUT2D eigenvalue weighted by Crippen LogP contribution is -2.31. The predicted molar refractivity (Wildman–Crippen MR) is 72.7 cm³/mol. The summed E-state index contributed by atoms with van der Waals surface area (Å²) in [4.78, 5) is 6.34. The molecule has 0 radical (unpaired) electrons. The third-order valence-corrected chi connectivity index (χ3v) is 2.61. The van der Waals surface area contributed by atoms with Gasteiger partial charge in [0, 0.05) is 39.1 Å². The molecular formula is C12H20N4O3. The molecule has 0 aromatic carbocycles. The average molecular weight is 268 g/mol. The molecule has 1 aromatic heterocycles. The van der Waals surface area contributed by atoms with Gasteiger partial charge < -0.3 is 25.3 Å². The van der Waals surface area contributed by atoms with E-state index in [0.29, 0.717) is 18.8 Å². The van der Waals surface area contributed by atoms with Crippen molar-refractivity contribution in [1.29, 1.82) is 0 Å². The summed E-state index contributed by atoms with van der Waals surface area (Å²) in [5, 5.41) is 11.5. The largest absolute Gasteiger partial charge is 0.409 e. The van der Waals surface area contributed by atoms with Gasteiger partial charge in [0.2, 0.25) is 0 Å². The number of pyridine rings is 1. The molecule has 3 N–H and O–H groups in total. The molecule has 0 amide bonds. The molecule has 1 heterocycles. The number of amidine groups is 1. The third-order valence-electron chi connectivity index (χ3n) is 2.61. The van der Waals surface area contributed by atoms with E-state index in [1.54, 1.807) is 26.5 Å². The zero-order valence-electron chi connectivity index (χ0n) is 11.2. The van der Waals surface area contributed by atoms with Gasteiger partial charge >= 0.3 is 0 Å². The van der Waals surface area contributed by atoms with Gasteiger partial charge in [-0.05, 0) is 12.1 Å². The number of nitrogens with zero attached hydrogens (tertiary/aromatic N) is 3. The molecule has 0 aliphatic rings. The lowest BCUT2D eigenvalue weighted by atomic mass is 10.2. The molecule has 106 valence electrons. The van der Waals surface area contributed by atoms with Gasteiger partial charge in [-0.2, -0.15) is 0 Å². The lowest BCUT2D eigenvalue weighted by molar-refractivity contribution is 0.190. The number of rotatable bonds is 8. The molecule has 0 unspecified atom stereocenters. The Bertz CT molecular complexity index is 386. The van der Waals surface area contributed by atoms with Gasteiger partial charge in [0.25, 0.3) is 0 Å². The number of aromatic nitrogens is 1. The summed E-state index contributed by atoms with van der Waals surface area (Å²) in [5.41, 5.74) is 6.06. The number of ether oxygens (including phenoxy) is 2. The van der Waals surface area contributed by atoms with Crippen LogP contribution in [0.25, 0.3) is 0 Å². The summed E-state index contributed by atoms with van der Waals surface area (Å²) in [7, 11) is 3.31. The van der Waals surface area contributed by atoms with E-state index >= 15 is 0 Å².